The lowest BCUT2D eigenvalue weighted by Crippen LogP contribution is -2.21. The number of ether oxygens (including phenoxy) is 2. The van der Waals surface area contributed by atoms with Crippen LogP contribution in [0, 0.1) is 12.8 Å². The minimum absolute atomic E-state index is 0.117. The van der Waals surface area contributed by atoms with Gasteiger partial charge in [0.05, 0.1) is 48.4 Å². The van der Waals surface area contributed by atoms with Crippen molar-refractivity contribution in [2.45, 2.75) is 53.9 Å². The van der Waals surface area contributed by atoms with E-state index >= 15 is 0 Å². The first kappa shape index (κ1) is 30.0. The van der Waals surface area contributed by atoms with Crippen LogP contribution in [0.2, 0.25) is 0 Å². The number of allylic oxidation sites excluding steroid dienone is 7. The summed E-state index contributed by atoms with van der Waals surface area (Å²) in [6, 6.07) is 0. The van der Waals surface area contributed by atoms with Gasteiger partial charge in [-0.05, 0) is 92.2 Å². The highest BCUT2D eigenvalue weighted by atomic mass is 16.5. The minimum atomic E-state index is -1.11. The molecule has 8 bridgehead atoms. The van der Waals surface area contributed by atoms with Crippen molar-refractivity contribution in [2.75, 3.05) is 14.2 Å². The van der Waals surface area contributed by atoms with Crippen LogP contribution in [0.1, 0.15) is 58.1 Å². The van der Waals surface area contributed by atoms with Crippen molar-refractivity contribution in [3.8, 4) is 0 Å². The second kappa shape index (κ2) is 11.1. The number of carbonyl (C=O) groups excluding carboxylic acids is 2. The van der Waals surface area contributed by atoms with E-state index < -0.39 is 11.9 Å². The third-order valence-electron chi connectivity index (χ3n) is 9.30. The molecule has 9 nitrogen and oxygen atoms in total. The predicted molar refractivity (Wildman–Crippen MR) is 176 cm³/mol. The Kier molecular flexibility index (Phi) is 7.43. The van der Waals surface area contributed by atoms with Gasteiger partial charge >= 0.3 is 11.9 Å². The number of nitrogens with one attached hydrogen (secondary N) is 1. The largest absolute Gasteiger partial charge is 0.510 e. The Morgan fingerprint density at radius 3 is 2.31 bits per heavy atom. The molecular weight excluding hydrogens is 568 g/mol. The Bertz CT molecular complexity index is 2050. The van der Waals surface area contributed by atoms with Crippen molar-refractivity contribution in [2.24, 2.45) is 20.9 Å². The summed E-state index contributed by atoms with van der Waals surface area (Å²) in [5, 5.41) is 13.3. The van der Waals surface area contributed by atoms with Gasteiger partial charge in [0.1, 0.15) is 11.7 Å². The lowest BCUT2D eigenvalue weighted by atomic mass is 9.92. The van der Waals surface area contributed by atoms with E-state index in [1.807, 2.05) is 39.0 Å². The lowest BCUT2D eigenvalue weighted by Gasteiger charge is -2.15. The van der Waals surface area contributed by atoms with E-state index in [9.17, 15) is 14.7 Å². The van der Waals surface area contributed by atoms with E-state index in [2.05, 4.69) is 31.5 Å². The number of aliphatic hydroxyl groups is 1. The van der Waals surface area contributed by atoms with Gasteiger partial charge in [-0.15, -0.1) is 0 Å². The average Bonchev–Trinajstić information content (AvgIpc) is 3.76. The Balaban J connectivity index is 1.73. The molecule has 0 aromatic carbocycles. The molecule has 5 heterocycles. The molecule has 9 heteroatoms. The maximum absolute atomic E-state index is 13.3. The van der Waals surface area contributed by atoms with Crippen LogP contribution in [-0.4, -0.2) is 53.4 Å². The molecule has 230 valence electrons. The summed E-state index contributed by atoms with van der Waals surface area (Å²) >= 11 is 0. The number of aromatic amines is 1. The number of rotatable bonds is 6. The van der Waals surface area contributed by atoms with Crippen LogP contribution in [0.15, 0.2) is 89.5 Å². The van der Waals surface area contributed by atoms with E-state index in [4.69, 9.17) is 24.5 Å². The van der Waals surface area contributed by atoms with Crippen LogP contribution < -0.4 is 10.7 Å². The number of hydrogen-bond donors (Lipinski definition) is 2. The third kappa shape index (κ3) is 4.56. The Hall–Kier alpha value is -5.05. The van der Waals surface area contributed by atoms with E-state index in [-0.39, 0.29) is 18.1 Å². The first-order valence-corrected chi connectivity index (χ1v) is 15.0. The van der Waals surface area contributed by atoms with Gasteiger partial charge < -0.3 is 19.6 Å². The standard InChI is InChI=1S/C36H36N4O5/c1-9-20-16(3)23-13-25-18(5)22(11-12-29(41)44-7)33(39-25)31-32(36(43)45-8)35(42)30-19(6)26(40-34(30)31)15-28-21(10-2)17(4)24(38-28)14-27(20)37-23/h9,13-15,32,37,42H,1,10-12H2,2-8H3/t32-/m1/s1. The van der Waals surface area contributed by atoms with Gasteiger partial charge in [-0.2, -0.15) is 0 Å². The first-order chi connectivity index (χ1) is 21.5. The molecule has 45 heavy (non-hydrogen) atoms. The molecule has 0 amide bonds. The highest BCUT2D eigenvalue weighted by Crippen LogP contribution is 2.47. The van der Waals surface area contributed by atoms with Crippen LogP contribution in [0.4, 0.5) is 0 Å². The van der Waals surface area contributed by atoms with E-state index in [1.54, 1.807) is 0 Å². The maximum Gasteiger partial charge on any atom is 0.321 e. The minimum Gasteiger partial charge on any atom is -0.510 e. The number of methoxy groups -OCH3 is 2. The summed E-state index contributed by atoms with van der Waals surface area (Å²) in [6.07, 6.45) is 9.01. The average molecular weight is 605 g/mol. The molecule has 0 unspecified atom stereocenters. The number of nitrogens with zero attached hydrogens (tertiary/aromatic N) is 3. The molecule has 1 atom stereocenters. The number of fused-ring (bicyclic) bond motifs is 5. The van der Waals surface area contributed by atoms with Gasteiger partial charge in [-0.1, -0.05) is 19.6 Å². The first-order valence-electron chi connectivity index (χ1n) is 15.0. The number of aliphatic hydroxyl groups excluding tert-OH is 1. The lowest BCUT2D eigenvalue weighted by molar-refractivity contribution is -0.143. The van der Waals surface area contributed by atoms with Crippen LogP contribution in [-0.2, 0) is 19.1 Å². The summed E-state index contributed by atoms with van der Waals surface area (Å²) in [7, 11) is 2.65. The zero-order chi connectivity index (χ0) is 32.3. The van der Waals surface area contributed by atoms with E-state index in [0.717, 1.165) is 67.5 Å². The second-order valence-electron chi connectivity index (χ2n) is 11.6. The molecule has 6 rings (SSSR count). The molecule has 1 aromatic rings. The number of aliphatic imine (C=N–C) groups is 3. The molecule has 5 aliphatic rings. The van der Waals surface area contributed by atoms with E-state index in [0.29, 0.717) is 40.4 Å². The summed E-state index contributed by atoms with van der Waals surface area (Å²) in [5.41, 5.74) is 11.4. The van der Waals surface area contributed by atoms with Crippen molar-refractivity contribution in [1.29, 1.82) is 0 Å². The normalized spacial score (nSPS) is 20.3. The van der Waals surface area contributed by atoms with Gasteiger partial charge in [0.15, 0.2) is 0 Å². The van der Waals surface area contributed by atoms with Crippen molar-refractivity contribution in [3.63, 3.8) is 0 Å². The molecule has 0 saturated carbocycles. The summed E-state index contributed by atoms with van der Waals surface area (Å²) in [6.45, 7) is 14.1. The number of carbonyl (C=O) groups is 2. The van der Waals surface area contributed by atoms with Crippen LogP contribution in [0.25, 0.3) is 18.2 Å². The molecule has 1 aromatic heterocycles. The van der Waals surface area contributed by atoms with Crippen LogP contribution in [0.3, 0.4) is 0 Å². The maximum atomic E-state index is 13.3. The highest BCUT2D eigenvalue weighted by Gasteiger charge is 2.47. The van der Waals surface area contributed by atoms with Crippen molar-refractivity contribution >= 4 is 47.3 Å². The van der Waals surface area contributed by atoms with Gasteiger partial charge in [0.25, 0.3) is 0 Å². The molecule has 0 radical (unpaired) electrons. The van der Waals surface area contributed by atoms with Crippen LogP contribution in [0.5, 0.6) is 0 Å². The fourth-order valence-corrected chi connectivity index (χ4v) is 6.74. The monoisotopic (exact) mass is 604 g/mol. The number of aromatic nitrogens is 1. The molecule has 0 saturated heterocycles. The zero-order valence-corrected chi connectivity index (χ0v) is 26.6. The molecule has 0 spiro atoms. The number of H-pyrrole nitrogens is 1. The Morgan fingerprint density at radius 2 is 1.64 bits per heavy atom. The smallest absolute Gasteiger partial charge is 0.321 e. The quantitative estimate of drug-likeness (QED) is 0.446. The Morgan fingerprint density at radius 1 is 0.956 bits per heavy atom. The second-order valence-corrected chi connectivity index (χ2v) is 11.6. The van der Waals surface area contributed by atoms with Crippen molar-refractivity contribution in [1.82, 2.24) is 4.98 Å². The number of hydrogen-bond acceptors (Lipinski definition) is 8. The van der Waals surface area contributed by atoms with Gasteiger partial charge in [-0.3, -0.25) is 9.59 Å². The molecule has 1 aliphatic carbocycles. The van der Waals surface area contributed by atoms with Gasteiger partial charge in [0, 0.05) is 33.8 Å². The van der Waals surface area contributed by atoms with Gasteiger partial charge in [0.2, 0.25) is 0 Å². The molecule has 2 N–H and O–H groups in total. The summed E-state index contributed by atoms with van der Waals surface area (Å²) in [5.74, 6) is -2.22. The fraction of sp³-hybridized carbons (Fsp3) is 0.306. The molecule has 0 fully saturated rings. The Labute approximate surface area is 261 Å². The topological polar surface area (TPSA) is 126 Å². The van der Waals surface area contributed by atoms with E-state index in [1.165, 1.54) is 14.2 Å². The van der Waals surface area contributed by atoms with Crippen molar-refractivity contribution < 1.29 is 24.2 Å². The summed E-state index contributed by atoms with van der Waals surface area (Å²) in [4.78, 5) is 44.2. The fourth-order valence-electron chi connectivity index (χ4n) is 6.74. The van der Waals surface area contributed by atoms with Gasteiger partial charge in [-0.25, -0.2) is 15.0 Å². The number of esters is 2. The molecule has 4 aliphatic heterocycles. The third-order valence-corrected chi connectivity index (χ3v) is 9.30. The predicted octanol–water partition coefficient (Wildman–Crippen LogP) is 4.93. The zero-order valence-electron chi connectivity index (χ0n) is 26.6. The molecular formula is C36H36N4O5. The highest BCUT2D eigenvalue weighted by molar-refractivity contribution is 6.27. The summed E-state index contributed by atoms with van der Waals surface area (Å²) < 4.78 is 10.1. The SMILES string of the molecule is C=Cc1c(C)c2[nH]c1=CC1=NC(=CC3=C(C)C4=C(O)[C@H](C(=O)OC)C(=C5N=C(C=2)C(C)=C5CCC(=O)OC)C4=N3)C(CC)=C1C. The van der Waals surface area contributed by atoms with Crippen molar-refractivity contribution in [3.05, 3.63) is 96.3 Å². The van der Waals surface area contributed by atoms with Crippen LogP contribution >= 0.6 is 0 Å².